The van der Waals surface area contributed by atoms with Gasteiger partial charge in [-0.3, -0.25) is 0 Å². The van der Waals surface area contributed by atoms with Crippen LogP contribution in [0.5, 0.6) is 0 Å². The van der Waals surface area contributed by atoms with Crippen molar-refractivity contribution in [3.05, 3.63) is 0 Å². The molecule has 0 spiro atoms. The smallest absolute Gasteiger partial charge is 0.149 e. The lowest BCUT2D eigenvalue weighted by Gasteiger charge is -2.25. The van der Waals surface area contributed by atoms with Gasteiger partial charge in [0.1, 0.15) is 9.84 Å². The lowest BCUT2D eigenvalue weighted by molar-refractivity contribution is 0.0344. The van der Waals surface area contributed by atoms with E-state index in [1.54, 1.807) is 0 Å². The number of ether oxygens (including phenoxy) is 1. The summed E-state index contributed by atoms with van der Waals surface area (Å²) >= 11 is 0. The van der Waals surface area contributed by atoms with Gasteiger partial charge in [0.15, 0.2) is 0 Å². The summed E-state index contributed by atoms with van der Waals surface area (Å²) < 4.78 is 27.1. The molecule has 1 saturated carbocycles. The van der Waals surface area contributed by atoms with Gasteiger partial charge in [0.05, 0.1) is 18.5 Å². The Kier molecular flexibility index (Phi) is 4.34. The molecule has 0 aromatic rings. The highest BCUT2D eigenvalue weighted by molar-refractivity contribution is 7.90. The minimum absolute atomic E-state index is 0.121. The third-order valence-electron chi connectivity index (χ3n) is 2.53. The van der Waals surface area contributed by atoms with Crippen molar-refractivity contribution in [1.82, 2.24) is 0 Å². The van der Waals surface area contributed by atoms with Gasteiger partial charge in [-0.25, -0.2) is 8.42 Å². The van der Waals surface area contributed by atoms with Gasteiger partial charge in [-0.2, -0.15) is 0 Å². The van der Waals surface area contributed by atoms with Crippen LogP contribution in [0.3, 0.4) is 0 Å². The van der Waals surface area contributed by atoms with Crippen LogP contribution in [-0.2, 0) is 14.6 Å². The van der Waals surface area contributed by atoms with E-state index in [4.69, 9.17) is 10.5 Å². The van der Waals surface area contributed by atoms with E-state index >= 15 is 0 Å². The normalized spacial score (nSPS) is 29.0. The summed E-state index contributed by atoms with van der Waals surface area (Å²) in [6, 6.07) is 0.310. The van der Waals surface area contributed by atoms with Crippen molar-refractivity contribution < 1.29 is 13.2 Å². The highest BCUT2D eigenvalue weighted by Gasteiger charge is 2.18. The molecule has 1 aliphatic rings. The second-order valence-electron chi connectivity index (χ2n) is 4.04. The monoisotopic (exact) mass is 221 g/mol. The minimum Gasteiger partial charge on any atom is -0.377 e. The fourth-order valence-electron chi connectivity index (χ4n) is 1.62. The molecule has 0 aromatic heterocycles. The molecule has 0 heterocycles. The Bertz CT molecular complexity index is 255. The van der Waals surface area contributed by atoms with Crippen molar-refractivity contribution >= 4 is 9.84 Å². The summed E-state index contributed by atoms with van der Waals surface area (Å²) in [7, 11) is -2.89. The van der Waals surface area contributed by atoms with Gasteiger partial charge in [0.2, 0.25) is 0 Å². The highest BCUT2D eigenvalue weighted by Crippen LogP contribution is 2.19. The average Bonchev–Trinajstić information content (AvgIpc) is 2.06. The number of sulfone groups is 1. The molecule has 1 aliphatic carbocycles. The Balaban J connectivity index is 2.14. The third kappa shape index (κ3) is 4.93. The van der Waals surface area contributed by atoms with Crippen molar-refractivity contribution in [3.8, 4) is 0 Å². The van der Waals surface area contributed by atoms with Crippen LogP contribution in [0, 0.1) is 0 Å². The zero-order valence-corrected chi connectivity index (χ0v) is 9.42. The van der Waals surface area contributed by atoms with Gasteiger partial charge in [-0.15, -0.1) is 0 Å². The van der Waals surface area contributed by atoms with E-state index in [1.165, 1.54) is 6.26 Å². The van der Waals surface area contributed by atoms with Crippen LogP contribution in [0.15, 0.2) is 0 Å². The molecular formula is C9H19NO3S. The van der Waals surface area contributed by atoms with Gasteiger partial charge in [0, 0.05) is 12.3 Å². The summed E-state index contributed by atoms with van der Waals surface area (Å²) in [6.07, 6.45) is 5.35. The van der Waals surface area contributed by atoms with Crippen LogP contribution >= 0.6 is 0 Å². The van der Waals surface area contributed by atoms with E-state index < -0.39 is 9.84 Å². The molecular weight excluding hydrogens is 202 g/mol. The lowest BCUT2D eigenvalue weighted by Crippen LogP contribution is -2.31. The molecule has 2 N–H and O–H groups in total. The van der Waals surface area contributed by atoms with Crippen molar-refractivity contribution in [2.24, 2.45) is 5.73 Å². The molecule has 0 unspecified atom stereocenters. The van der Waals surface area contributed by atoms with Crippen LogP contribution in [-0.4, -0.2) is 39.2 Å². The predicted molar refractivity (Wildman–Crippen MR) is 55.9 cm³/mol. The summed E-state index contributed by atoms with van der Waals surface area (Å²) in [6.45, 7) is 0.318. The first-order valence-corrected chi connectivity index (χ1v) is 7.08. The van der Waals surface area contributed by atoms with Crippen molar-refractivity contribution in [2.45, 2.75) is 37.8 Å². The van der Waals surface area contributed by atoms with Gasteiger partial charge in [-0.1, -0.05) is 0 Å². The zero-order valence-electron chi connectivity index (χ0n) is 8.61. The fourth-order valence-corrected chi connectivity index (χ4v) is 2.02. The number of nitrogens with two attached hydrogens (primary N) is 1. The molecule has 0 amide bonds. The SMILES string of the molecule is CS(=O)(=O)CCO[C@H]1CC[C@H](N)CC1. The van der Waals surface area contributed by atoms with Gasteiger partial charge >= 0.3 is 0 Å². The summed E-state index contributed by atoms with van der Waals surface area (Å²) in [5, 5.41) is 0. The largest absolute Gasteiger partial charge is 0.377 e. The highest BCUT2D eigenvalue weighted by atomic mass is 32.2. The molecule has 0 radical (unpaired) electrons. The first kappa shape index (κ1) is 11.9. The maximum atomic E-state index is 10.8. The molecule has 14 heavy (non-hydrogen) atoms. The molecule has 5 heteroatoms. The molecule has 84 valence electrons. The maximum absolute atomic E-state index is 10.8. The summed E-state index contributed by atoms with van der Waals surface area (Å²) in [5.41, 5.74) is 5.74. The number of hydrogen-bond acceptors (Lipinski definition) is 4. The zero-order chi connectivity index (χ0) is 10.6. The van der Waals surface area contributed by atoms with Crippen LogP contribution in [0.25, 0.3) is 0 Å². The van der Waals surface area contributed by atoms with E-state index in [-0.39, 0.29) is 11.9 Å². The Hall–Kier alpha value is -0.130. The van der Waals surface area contributed by atoms with Gasteiger partial charge < -0.3 is 10.5 Å². The molecule has 0 aromatic carbocycles. The average molecular weight is 221 g/mol. The first-order chi connectivity index (χ1) is 6.47. The second kappa shape index (κ2) is 5.09. The van der Waals surface area contributed by atoms with Crippen molar-refractivity contribution in [2.75, 3.05) is 18.6 Å². The Morgan fingerprint density at radius 3 is 2.36 bits per heavy atom. The van der Waals surface area contributed by atoms with E-state index in [0.29, 0.717) is 12.6 Å². The maximum Gasteiger partial charge on any atom is 0.149 e. The summed E-state index contributed by atoms with van der Waals surface area (Å²) in [5.74, 6) is 0.121. The molecule has 0 bridgehead atoms. The topological polar surface area (TPSA) is 69.4 Å². The van der Waals surface area contributed by atoms with E-state index in [2.05, 4.69) is 0 Å². The minimum atomic E-state index is -2.89. The lowest BCUT2D eigenvalue weighted by atomic mass is 9.94. The standard InChI is InChI=1S/C9H19NO3S/c1-14(11,12)7-6-13-9-4-2-8(10)3-5-9/h8-9H,2-7,10H2,1H3/t8-,9-. The van der Waals surface area contributed by atoms with Crippen LogP contribution in [0.4, 0.5) is 0 Å². The Labute approximate surface area is 85.7 Å². The van der Waals surface area contributed by atoms with E-state index in [0.717, 1.165) is 25.7 Å². The molecule has 4 nitrogen and oxygen atoms in total. The molecule has 1 rings (SSSR count). The number of rotatable bonds is 4. The van der Waals surface area contributed by atoms with Crippen LogP contribution in [0.1, 0.15) is 25.7 Å². The molecule has 0 atom stereocenters. The molecule has 0 saturated heterocycles. The van der Waals surface area contributed by atoms with Crippen molar-refractivity contribution in [3.63, 3.8) is 0 Å². The van der Waals surface area contributed by atoms with E-state index in [1.807, 2.05) is 0 Å². The second-order valence-corrected chi connectivity index (χ2v) is 6.30. The Morgan fingerprint density at radius 1 is 1.29 bits per heavy atom. The van der Waals surface area contributed by atoms with Gasteiger partial charge in [0.25, 0.3) is 0 Å². The summed E-state index contributed by atoms with van der Waals surface area (Å²) in [4.78, 5) is 0. The Morgan fingerprint density at radius 2 is 1.86 bits per heavy atom. The molecule has 1 fully saturated rings. The first-order valence-electron chi connectivity index (χ1n) is 5.02. The molecule has 0 aliphatic heterocycles. The van der Waals surface area contributed by atoms with Crippen molar-refractivity contribution in [1.29, 1.82) is 0 Å². The van der Waals surface area contributed by atoms with Crippen LogP contribution < -0.4 is 5.73 Å². The number of hydrogen-bond donors (Lipinski definition) is 1. The van der Waals surface area contributed by atoms with Crippen LogP contribution in [0.2, 0.25) is 0 Å². The van der Waals surface area contributed by atoms with E-state index in [9.17, 15) is 8.42 Å². The fraction of sp³-hybridized carbons (Fsp3) is 1.00. The van der Waals surface area contributed by atoms with Gasteiger partial charge in [-0.05, 0) is 25.7 Å². The third-order valence-corrected chi connectivity index (χ3v) is 3.43. The predicted octanol–water partition coefficient (Wildman–Crippen LogP) is 0.318. The quantitative estimate of drug-likeness (QED) is 0.742.